The summed E-state index contributed by atoms with van der Waals surface area (Å²) < 4.78 is 32.1. The lowest BCUT2D eigenvalue weighted by Gasteiger charge is -2.12. The third-order valence-corrected chi connectivity index (χ3v) is 5.57. The third-order valence-electron chi connectivity index (χ3n) is 3.88. The summed E-state index contributed by atoms with van der Waals surface area (Å²) in [6.07, 6.45) is 1.38. The van der Waals surface area contributed by atoms with Gasteiger partial charge in [-0.05, 0) is 25.1 Å². The minimum Gasteiger partial charge on any atom is -0.465 e. The van der Waals surface area contributed by atoms with E-state index in [4.69, 9.17) is 4.74 Å². The molecule has 0 saturated carbocycles. The highest BCUT2D eigenvalue weighted by atomic mass is 32.2. The lowest BCUT2D eigenvalue weighted by Crippen LogP contribution is -2.14. The maximum absolute atomic E-state index is 13.1. The standard InChI is InChI=1S/C19H17NO4S/c1-14-8-10-16(11-9-14)25(22,23)20-13-12-17(19(21)24-2)18(20)15-6-4-3-5-7-15/h3-13H,1-2H3. The maximum atomic E-state index is 13.1. The Morgan fingerprint density at radius 3 is 2.20 bits per heavy atom. The van der Waals surface area contributed by atoms with Crippen molar-refractivity contribution in [2.45, 2.75) is 11.8 Å². The van der Waals surface area contributed by atoms with Crippen LogP contribution in [0.15, 0.2) is 71.8 Å². The highest BCUT2D eigenvalue weighted by Crippen LogP contribution is 2.29. The van der Waals surface area contributed by atoms with Gasteiger partial charge in [0, 0.05) is 11.8 Å². The van der Waals surface area contributed by atoms with Crippen LogP contribution in [0, 0.1) is 6.92 Å². The molecule has 0 saturated heterocycles. The smallest absolute Gasteiger partial charge is 0.340 e. The predicted octanol–water partition coefficient (Wildman–Crippen LogP) is 3.49. The second-order valence-electron chi connectivity index (χ2n) is 5.55. The number of carbonyl (C=O) groups is 1. The molecule has 0 aliphatic carbocycles. The SMILES string of the molecule is COC(=O)c1ccn(S(=O)(=O)c2ccc(C)cc2)c1-c1ccccc1. The van der Waals surface area contributed by atoms with Gasteiger partial charge in [0.05, 0.1) is 23.3 Å². The molecule has 6 heteroatoms. The summed E-state index contributed by atoms with van der Waals surface area (Å²) in [5.74, 6) is -0.586. The Bertz CT molecular complexity index is 1000. The first-order chi connectivity index (χ1) is 11.9. The van der Waals surface area contributed by atoms with Crippen LogP contribution in [0.3, 0.4) is 0 Å². The normalized spacial score (nSPS) is 11.3. The summed E-state index contributed by atoms with van der Waals surface area (Å²) in [4.78, 5) is 12.3. The zero-order valence-electron chi connectivity index (χ0n) is 13.8. The van der Waals surface area contributed by atoms with Crippen LogP contribution in [0.4, 0.5) is 0 Å². The average molecular weight is 355 g/mol. The number of esters is 1. The van der Waals surface area contributed by atoms with E-state index in [9.17, 15) is 13.2 Å². The number of nitrogens with zero attached hydrogens (tertiary/aromatic N) is 1. The number of hydrogen-bond acceptors (Lipinski definition) is 4. The summed E-state index contributed by atoms with van der Waals surface area (Å²) in [5.41, 5.74) is 2.06. The molecular formula is C19H17NO4S. The Labute approximate surface area is 146 Å². The van der Waals surface area contributed by atoms with E-state index in [1.165, 1.54) is 19.4 Å². The second-order valence-corrected chi connectivity index (χ2v) is 7.36. The number of hydrogen-bond donors (Lipinski definition) is 0. The minimum absolute atomic E-state index is 0.155. The Kier molecular flexibility index (Phi) is 4.46. The van der Waals surface area contributed by atoms with Crippen molar-refractivity contribution in [1.82, 2.24) is 3.97 Å². The first-order valence-electron chi connectivity index (χ1n) is 7.62. The molecule has 25 heavy (non-hydrogen) atoms. The summed E-state index contributed by atoms with van der Waals surface area (Å²) in [7, 11) is -2.58. The van der Waals surface area contributed by atoms with Gasteiger partial charge in [0.25, 0.3) is 10.0 Å². The van der Waals surface area contributed by atoms with E-state index < -0.39 is 16.0 Å². The van der Waals surface area contributed by atoms with Crippen molar-refractivity contribution in [2.75, 3.05) is 7.11 Å². The molecule has 0 spiro atoms. The van der Waals surface area contributed by atoms with Gasteiger partial charge in [-0.2, -0.15) is 0 Å². The van der Waals surface area contributed by atoms with Gasteiger partial charge in [0.15, 0.2) is 0 Å². The molecule has 0 aliphatic rings. The second kappa shape index (κ2) is 6.57. The number of aromatic nitrogens is 1. The Hall–Kier alpha value is -2.86. The lowest BCUT2D eigenvalue weighted by atomic mass is 10.1. The van der Waals surface area contributed by atoms with E-state index in [1.54, 1.807) is 48.5 Å². The molecular weight excluding hydrogens is 338 g/mol. The summed E-state index contributed by atoms with van der Waals surface area (Å²) in [5, 5.41) is 0. The van der Waals surface area contributed by atoms with Crippen LogP contribution in [0.1, 0.15) is 15.9 Å². The van der Waals surface area contributed by atoms with Crippen LogP contribution in [0.25, 0.3) is 11.3 Å². The molecule has 3 aromatic rings. The highest BCUT2D eigenvalue weighted by molar-refractivity contribution is 7.90. The van der Waals surface area contributed by atoms with Crippen molar-refractivity contribution in [3.63, 3.8) is 0 Å². The van der Waals surface area contributed by atoms with Gasteiger partial charge in [0.2, 0.25) is 0 Å². The molecule has 0 atom stereocenters. The molecule has 1 heterocycles. The van der Waals surface area contributed by atoms with Crippen LogP contribution in [0.2, 0.25) is 0 Å². The number of rotatable bonds is 4. The topological polar surface area (TPSA) is 65.4 Å². The largest absolute Gasteiger partial charge is 0.465 e. The predicted molar refractivity (Wildman–Crippen MR) is 95.0 cm³/mol. The fourth-order valence-electron chi connectivity index (χ4n) is 2.59. The number of aryl methyl sites for hydroxylation is 1. The van der Waals surface area contributed by atoms with Crippen LogP contribution in [-0.2, 0) is 14.8 Å². The molecule has 0 N–H and O–H groups in total. The molecule has 0 fully saturated rings. The van der Waals surface area contributed by atoms with Crippen LogP contribution in [-0.4, -0.2) is 25.5 Å². The zero-order valence-corrected chi connectivity index (χ0v) is 14.7. The molecule has 0 bridgehead atoms. The van der Waals surface area contributed by atoms with E-state index >= 15 is 0 Å². The molecule has 0 unspecified atom stereocenters. The van der Waals surface area contributed by atoms with Crippen molar-refractivity contribution in [3.8, 4) is 11.3 Å². The van der Waals surface area contributed by atoms with Crippen LogP contribution >= 0.6 is 0 Å². The van der Waals surface area contributed by atoms with Crippen molar-refractivity contribution in [2.24, 2.45) is 0 Å². The van der Waals surface area contributed by atoms with Gasteiger partial charge >= 0.3 is 5.97 Å². The van der Waals surface area contributed by atoms with Crippen molar-refractivity contribution < 1.29 is 17.9 Å². The monoisotopic (exact) mass is 355 g/mol. The average Bonchev–Trinajstić information content (AvgIpc) is 3.08. The Morgan fingerprint density at radius 2 is 1.60 bits per heavy atom. The van der Waals surface area contributed by atoms with Crippen molar-refractivity contribution in [1.29, 1.82) is 0 Å². The van der Waals surface area contributed by atoms with Gasteiger partial charge in [-0.25, -0.2) is 17.2 Å². The number of ether oxygens (including phenoxy) is 1. The highest BCUT2D eigenvalue weighted by Gasteiger charge is 2.26. The molecule has 3 rings (SSSR count). The molecule has 0 amide bonds. The third kappa shape index (κ3) is 3.08. The lowest BCUT2D eigenvalue weighted by molar-refractivity contribution is 0.0602. The van der Waals surface area contributed by atoms with E-state index in [0.29, 0.717) is 5.56 Å². The first kappa shape index (κ1) is 17.0. The first-order valence-corrected chi connectivity index (χ1v) is 9.06. The van der Waals surface area contributed by atoms with Crippen LogP contribution < -0.4 is 0 Å². The molecule has 0 radical (unpaired) electrons. The number of benzene rings is 2. The molecule has 1 aromatic heterocycles. The summed E-state index contributed by atoms with van der Waals surface area (Å²) in [6.45, 7) is 1.89. The van der Waals surface area contributed by atoms with Gasteiger partial charge in [-0.1, -0.05) is 48.0 Å². The molecule has 0 aliphatic heterocycles. The fraction of sp³-hybridized carbons (Fsp3) is 0.105. The Morgan fingerprint density at radius 1 is 0.960 bits per heavy atom. The van der Waals surface area contributed by atoms with Gasteiger partial charge in [-0.15, -0.1) is 0 Å². The van der Waals surface area contributed by atoms with E-state index in [1.807, 2.05) is 13.0 Å². The quantitative estimate of drug-likeness (QED) is 0.672. The van der Waals surface area contributed by atoms with E-state index in [2.05, 4.69) is 0 Å². The summed E-state index contributed by atoms with van der Waals surface area (Å²) in [6, 6.07) is 16.9. The Balaban J connectivity index is 2.25. The maximum Gasteiger partial charge on any atom is 0.340 e. The van der Waals surface area contributed by atoms with E-state index in [0.717, 1.165) is 9.54 Å². The van der Waals surface area contributed by atoms with Gasteiger partial charge < -0.3 is 4.74 Å². The van der Waals surface area contributed by atoms with Gasteiger partial charge in [0.1, 0.15) is 0 Å². The zero-order chi connectivity index (χ0) is 18.0. The molecule has 5 nitrogen and oxygen atoms in total. The fourth-order valence-corrected chi connectivity index (χ4v) is 3.96. The van der Waals surface area contributed by atoms with Gasteiger partial charge in [-0.3, -0.25) is 0 Å². The van der Waals surface area contributed by atoms with E-state index in [-0.39, 0.29) is 16.2 Å². The molecule has 2 aromatic carbocycles. The molecule has 128 valence electrons. The number of carbonyl (C=O) groups excluding carboxylic acids is 1. The van der Waals surface area contributed by atoms with Crippen molar-refractivity contribution >= 4 is 16.0 Å². The number of methoxy groups -OCH3 is 1. The van der Waals surface area contributed by atoms with Crippen LogP contribution in [0.5, 0.6) is 0 Å². The minimum atomic E-state index is -3.85. The summed E-state index contributed by atoms with van der Waals surface area (Å²) >= 11 is 0. The van der Waals surface area contributed by atoms with Crippen molar-refractivity contribution in [3.05, 3.63) is 78.0 Å².